The van der Waals surface area contributed by atoms with E-state index < -0.39 is 21.6 Å². The molecule has 0 N–H and O–H groups in total. The van der Waals surface area contributed by atoms with Crippen molar-refractivity contribution in [3.8, 4) is 5.75 Å². The first-order chi connectivity index (χ1) is 16.3. The van der Waals surface area contributed by atoms with E-state index in [2.05, 4.69) is 0 Å². The molecular formula is C25H21NO7S. The van der Waals surface area contributed by atoms with Crippen LogP contribution in [-0.2, 0) is 21.4 Å². The molecule has 0 amide bonds. The first-order valence-electron chi connectivity index (χ1n) is 10.2. The van der Waals surface area contributed by atoms with Crippen molar-refractivity contribution in [2.24, 2.45) is 0 Å². The fraction of sp³-hybridized carbons (Fsp3) is 0.120. The number of fused-ring (bicyclic) bond motifs is 1. The number of carbonyl (C=O) groups is 1. The fourth-order valence-electron chi connectivity index (χ4n) is 3.46. The van der Waals surface area contributed by atoms with Gasteiger partial charge in [0.1, 0.15) is 22.8 Å². The van der Waals surface area contributed by atoms with E-state index in [-0.39, 0.29) is 22.6 Å². The Morgan fingerprint density at radius 1 is 0.971 bits per heavy atom. The zero-order valence-electron chi connectivity index (χ0n) is 18.4. The molecule has 0 aliphatic carbocycles. The minimum atomic E-state index is -4.05. The summed E-state index contributed by atoms with van der Waals surface area (Å²) in [5.41, 5.74) is 0.427. The van der Waals surface area contributed by atoms with Gasteiger partial charge in [0.15, 0.2) is 0 Å². The van der Waals surface area contributed by atoms with Crippen molar-refractivity contribution >= 4 is 32.6 Å². The Hall–Kier alpha value is -4.11. The second-order valence-corrected chi connectivity index (χ2v) is 9.27. The van der Waals surface area contributed by atoms with Crippen LogP contribution in [-0.4, -0.2) is 28.5 Å². The summed E-state index contributed by atoms with van der Waals surface area (Å²) in [6.07, 6.45) is 0. The Kier molecular flexibility index (Phi) is 6.38. The second kappa shape index (κ2) is 9.40. The topological polar surface area (TPSA) is 103 Å². The average molecular weight is 480 g/mol. The molecule has 3 aromatic carbocycles. The van der Waals surface area contributed by atoms with E-state index in [1.807, 2.05) is 0 Å². The number of esters is 1. The largest absolute Gasteiger partial charge is 0.497 e. The molecule has 0 unspecified atom stereocenters. The van der Waals surface area contributed by atoms with Crippen LogP contribution in [0.4, 0.5) is 5.69 Å². The highest BCUT2D eigenvalue weighted by Crippen LogP contribution is 2.26. The van der Waals surface area contributed by atoms with Gasteiger partial charge < -0.3 is 13.9 Å². The Labute approximate surface area is 196 Å². The molecule has 0 fully saturated rings. The van der Waals surface area contributed by atoms with E-state index in [1.165, 1.54) is 38.4 Å². The Bertz CT molecular complexity index is 1510. The number of sulfonamides is 1. The molecular weight excluding hydrogens is 458 g/mol. The third kappa shape index (κ3) is 4.51. The number of hydrogen-bond donors (Lipinski definition) is 0. The van der Waals surface area contributed by atoms with Crippen molar-refractivity contribution in [2.45, 2.75) is 11.5 Å². The smallest absolute Gasteiger partial charge is 0.339 e. The molecule has 4 rings (SSSR count). The summed E-state index contributed by atoms with van der Waals surface area (Å²) in [5.74, 6) is -0.331. The zero-order valence-corrected chi connectivity index (χ0v) is 19.2. The molecule has 1 aromatic heterocycles. The molecule has 34 heavy (non-hydrogen) atoms. The predicted octanol–water partition coefficient (Wildman–Crippen LogP) is 3.98. The van der Waals surface area contributed by atoms with Crippen molar-refractivity contribution in [1.82, 2.24) is 0 Å². The molecule has 0 spiro atoms. The van der Waals surface area contributed by atoms with Crippen molar-refractivity contribution in [1.29, 1.82) is 0 Å². The van der Waals surface area contributed by atoms with Gasteiger partial charge in [0.25, 0.3) is 10.0 Å². The van der Waals surface area contributed by atoms with Crippen molar-refractivity contribution < 1.29 is 27.1 Å². The van der Waals surface area contributed by atoms with E-state index in [1.54, 1.807) is 54.6 Å². The van der Waals surface area contributed by atoms with Gasteiger partial charge in [-0.15, -0.1) is 0 Å². The Balaban J connectivity index is 1.63. The van der Waals surface area contributed by atoms with Crippen LogP contribution < -0.4 is 14.7 Å². The highest BCUT2D eigenvalue weighted by atomic mass is 32.2. The van der Waals surface area contributed by atoms with Gasteiger partial charge >= 0.3 is 11.6 Å². The van der Waals surface area contributed by atoms with Crippen LogP contribution in [0.15, 0.2) is 93.0 Å². The van der Waals surface area contributed by atoms with Crippen LogP contribution in [0, 0.1) is 0 Å². The summed E-state index contributed by atoms with van der Waals surface area (Å²) in [6, 6.07) is 20.5. The molecule has 4 aromatic rings. The van der Waals surface area contributed by atoms with E-state index in [0.717, 1.165) is 4.31 Å². The molecule has 0 aliphatic heterocycles. The maximum Gasteiger partial charge on any atom is 0.339 e. The monoisotopic (exact) mass is 479 g/mol. The van der Waals surface area contributed by atoms with Crippen LogP contribution in [0.3, 0.4) is 0 Å². The van der Waals surface area contributed by atoms with E-state index in [4.69, 9.17) is 13.9 Å². The number of benzene rings is 3. The van der Waals surface area contributed by atoms with Crippen LogP contribution in [0.1, 0.15) is 15.9 Å². The third-order valence-corrected chi connectivity index (χ3v) is 7.11. The van der Waals surface area contributed by atoms with Crippen LogP contribution >= 0.6 is 0 Å². The van der Waals surface area contributed by atoms with Gasteiger partial charge in [-0.2, -0.15) is 0 Å². The molecule has 0 aliphatic rings. The lowest BCUT2D eigenvalue weighted by Gasteiger charge is -2.21. The standard InChI is InChI=1S/C25H21NO7S/c1-26(18-8-4-3-5-9-18)34(29,30)23-11-7-6-10-21(23)25(28)32-16-17-14-24(27)33-22-15-19(31-2)12-13-20(17)22/h3-15H,16H2,1-2H3. The third-order valence-electron chi connectivity index (χ3n) is 5.26. The number of para-hydroxylation sites is 1. The first-order valence-corrected chi connectivity index (χ1v) is 11.7. The van der Waals surface area contributed by atoms with Gasteiger partial charge in [0, 0.05) is 30.1 Å². The number of rotatable bonds is 7. The number of carbonyl (C=O) groups excluding carboxylic acids is 1. The second-order valence-electron chi connectivity index (χ2n) is 7.33. The molecule has 0 atom stereocenters. The SMILES string of the molecule is COc1ccc2c(COC(=O)c3ccccc3S(=O)(=O)N(C)c3ccccc3)cc(=O)oc2c1. The van der Waals surface area contributed by atoms with Crippen molar-refractivity contribution in [2.75, 3.05) is 18.5 Å². The number of hydrogen-bond acceptors (Lipinski definition) is 7. The van der Waals surface area contributed by atoms with E-state index >= 15 is 0 Å². The average Bonchev–Trinajstić information content (AvgIpc) is 2.86. The maximum absolute atomic E-state index is 13.3. The normalized spacial score (nSPS) is 11.2. The molecule has 0 bridgehead atoms. The molecule has 0 saturated carbocycles. The summed E-state index contributed by atoms with van der Waals surface area (Å²) in [5, 5.41) is 0.568. The molecule has 0 saturated heterocycles. The van der Waals surface area contributed by atoms with Gasteiger partial charge in [-0.1, -0.05) is 30.3 Å². The predicted molar refractivity (Wildman–Crippen MR) is 127 cm³/mol. The fourth-order valence-corrected chi connectivity index (χ4v) is 4.84. The van der Waals surface area contributed by atoms with Crippen LogP contribution in [0.5, 0.6) is 5.75 Å². The lowest BCUT2D eigenvalue weighted by molar-refractivity contribution is 0.0469. The van der Waals surface area contributed by atoms with Gasteiger partial charge in [-0.25, -0.2) is 18.0 Å². The van der Waals surface area contributed by atoms with Gasteiger partial charge in [-0.3, -0.25) is 4.31 Å². The highest BCUT2D eigenvalue weighted by Gasteiger charge is 2.27. The van der Waals surface area contributed by atoms with Gasteiger partial charge in [-0.05, 0) is 36.4 Å². The number of ether oxygens (including phenoxy) is 2. The molecule has 8 nitrogen and oxygen atoms in total. The number of anilines is 1. The van der Waals surface area contributed by atoms with E-state index in [9.17, 15) is 18.0 Å². The summed E-state index contributed by atoms with van der Waals surface area (Å²) >= 11 is 0. The Morgan fingerprint density at radius 3 is 2.41 bits per heavy atom. The first kappa shape index (κ1) is 23.1. The molecule has 174 valence electrons. The van der Waals surface area contributed by atoms with Gasteiger partial charge in [0.05, 0.1) is 18.4 Å². The molecule has 1 heterocycles. The lowest BCUT2D eigenvalue weighted by atomic mass is 10.1. The minimum absolute atomic E-state index is 0.112. The Morgan fingerprint density at radius 2 is 1.68 bits per heavy atom. The van der Waals surface area contributed by atoms with Gasteiger partial charge in [0.2, 0.25) is 0 Å². The summed E-state index contributed by atoms with van der Waals surface area (Å²) in [4.78, 5) is 24.7. The molecule has 9 heteroatoms. The number of nitrogens with zero attached hydrogens (tertiary/aromatic N) is 1. The maximum atomic E-state index is 13.3. The zero-order chi connectivity index (χ0) is 24.3. The number of methoxy groups -OCH3 is 1. The van der Waals surface area contributed by atoms with Crippen molar-refractivity contribution in [3.05, 3.63) is 100 Å². The summed E-state index contributed by atoms with van der Waals surface area (Å²) in [6.45, 7) is -0.254. The summed E-state index contributed by atoms with van der Waals surface area (Å²) in [7, 11) is -1.14. The quantitative estimate of drug-likeness (QED) is 0.292. The van der Waals surface area contributed by atoms with Crippen LogP contribution in [0.2, 0.25) is 0 Å². The summed E-state index contributed by atoms with van der Waals surface area (Å²) < 4.78 is 43.4. The highest BCUT2D eigenvalue weighted by molar-refractivity contribution is 7.92. The molecule has 0 radical (unpaired) electrons. The minimum Gasteiger partial charge on any atom is -0.497 e. The van der Waals surface area contributed by atoms with Crippen LogP contribution in [0.25, 0.3) is 11.0 Å². The van der Waals surface area contributed by atoms with Crippen molar-refractivity contribution in [3.63, 3.8) is 0 Å². The lowest BCUT2D eigenvalue weighted by Crippen LogP contribution is -2.28. The van der Waals surface area contributed by atoms with E-state index in [0.29, 0.717) is 22.4 Å².